The third kappa shape index (κ3) is 4.59. The Morgan fingerprint density at radius 3 is 2.71 bits per heavy atom. The Bertz CT molecular complexity index is 398. The van der Waals surface area contributed by atoms with Crippen LogP contribution in [0.15, 0.2) is 10.9 Å². The summed E-state index contributed by atoms with van der Waals surface area (Å²) in [6.07, 6.45) is 3.47. The topological polar surface area (TPSA) is 57.8 Å². The average Bonchev–Trinajstić information content (AvgIpc) is 2.25. The molecule has 0 bridgehead atoms. The molecular formula is C13H23N3O. The van der Waals surface area contributed by atoms with E-state index in [1.54, 1.807) is 0 Å². The predicted molar refractivity (Wildman–Crippen MR) is 71.6 cm³/mol. The summed E-state index contributed by atoms with van der Waals surface area (Å²) >= 11 is 0. The Balaban J connectivity index is 2.73. The van der Waals surface area contributed by atoms with Crippen LogP contribution < -0.4 is 10.9 Å². The highest BCUT2D eigenvalue weighted by atomic mass is 16.1. The largest absolute Gasteiger partial charge is 0.367 e. The molecule has 1 aromatic heterocycles. The van der Waals surface area contributed by atoms with Crippen LogP contribution in [-0.4, -0.2) is 16.0 Å². The Kier molecular flexibility index (Phi) is 5.19. The molecule has 4 nitrogen and oxygen atoms in total. The van der Waals surface area contributed by atoms with Crippen molar-refractivity contribution in [2.75, 3.05) is 5.32 Å². The molecule has 0 saturated heterocycles. The number of anilines is 1. The fraction of sp³-hybridized carbons (Fsp3) is 0.692. The average molecular weight is 237 g/mol. The highest BCUT2D eigenvalue weighted by Crippen LogP contribution is 2.11. The molecule has 96 valence electrons. The van der Waals surface area contributed by atoms with E-state index in [4.69, 9.17) is 0 Å². The second-order valence-electron chi connectivity index (χ2n) is 4.86. The van der Waals surface area contributed by atoms with Crippen molar-refractivity contribution in [3.63, 3.8) is 0 Å². The van der Waals surface area contributed by atoms with E-state index >= 15 is 0 Å². The maximum Gasteiger partial charge on any atom is 0.252 e. The lowest BCUT2D eigenvalue weighted by Crippen LogP contribution is -2.20. The van der Waals surface area contributed by atoms with Crippen molar-refractivity contribution in [1.82, 2.24) is 9.97 Å². The lowest BCUT2D eigenvalue weighted by atomic mass is 10.1. The molecule has 0 aliphatic rings. The van der Waals surface area contributed by atoms with E-state index in [-0.39, 0.29) is 11.5 Å². The van der Waals surface area contributed by atoms with Gasteiger partial charge in [0.15, 0.2) is 0 Å². The molecule has 0 amide bonds. The fourth-order valence-electron chi connectivity index (χ4n) is 1.66. The van der Waals surface area contributed by atoms with Gasteiger partial charge in [-0.1, -0.05) is 33.6 Å². The van der Waals surface area contributed by atoms with Crippen LogP contribution in [0.3, 0.4) is 0 Å². The van der Waals surface area contributed by atoms with Gasteiger partial charge in [0.25, 0.3) is 5.56 Å². The lowest BCUT2D eigenvalue weighted by molar-refractivity contribution is 0.641. The van der Waals surface area contributed by atoms with Crippen molar-refractivity contribution in [1.29, 1.82) is 0 Å². The summed E-state index contributed by atoms with van der Waals surface area (Å²) in [5.41, 5.74) is -0.0890. The van der Waals surface area contributed by atoms with E-state index in [0.29, 0.717) is 11.9 Å². The maximum atomic E-state index is 11.5. The summed E-state index contributed by atoms with van der Waals surface area (Å²) in [4.78, 5) is 18.6. The Hall–Kier alpha value is -1.32. The normalized spacial score (nSPS) is 12.8. The highest BCUT2D eigenvalue weighted by molar-refractivity contribution is 5.34. The summed E-state index contributed by atoms with van der Waals surface area (Å²) in [6.45, 7) is 8.33. The van der Waals surface area contributed by atoms with Crippen molar-refractivity contribution in [2.24, 2.45) is 0 Å². The molecule has 1 atom stereocenters. The van der Waals surface area contributed by atoms with E-state index in [9.17, 15) is 4.79 Å². The van der Waals surface area contributed by atoms with Gasteiger partial charge in [-0.2, -0.15) is 0 Å². The summed E-state index contributed by atoms with van der Waals surface area (Å²) in [5, 5.41) is 3.28. The summed E-state index contributed by atoms with van der Waals surface area (Å²) in [5.74, 6) is 1.65. The third-order valence-corrected chi connectivity index (χ3v) is 2.69. The maximum absolute atomic E-state index is 11.5. The number of hydrogen-bond donors (Lipinski definition) is 2. The number of aromatic amines is 1. The minimum atomic E-state index is -0.0890. The molecule has 0 aliphatic carbocycles. The molecule has 1 rings (SSSR count). The summed E-state index contributed by atoms with van der Waals surface area (Å²) in [6, 6.07) is 1.87. The fourth-order valence-corrected chi connectivity index (χ4v) is 1.66. The van der Waals surface area contributed by atoms with Crippen LogP contribution in [0.2, 0.25) is 0 Å². The number of nitrogens with one attached hydrogen (secondary N) is 2. The monoisotopic (exact) mass is 237 g/mol. The predicted octanol–water partition coefficient (Wildman–Crippen LogP) is 2.88. The molecule has 1 aromatic rings. The van der Waals surface area contributed by atoms with Gasteiger partial charge in [-0.25, -0.2) is 4.98 Å². The van der Waals surface area contributed by atoms with Crippen molar-refractivity contribution in [3.8, 4) is 0 Å². The van der Waals surface area contributed by atoms with Gasteiger partial charge in [-0.15, -0.1) is 0 Å². The Morgan fingerprint density at radius 2 is 2.12 bits per heavy atom. The van der Waals surface area contributed by atoms with E-state index in [1.807, 2.05) is 13.8 Å². The molecule has 0 radical (unpaired) electrons. The van der Waals surface area contributed by atoms with Gasteiger partial charge < -0.3 is 10.3 Å². The second-order valence-corrected chi connectivity index (χ2v) is 4.86. The first-order chi connectivity index (χ1) is 8.02. The van der Waals surface area contributed by atoms with Crippen molar-refractivity contribution in [3.05, 3.63) is 22.2 Å². The summed E-state index contributed by atoms with van der Waals surface area (Å²) < 4.78 is 0. The molecule has 0 fully saturated rings. The Labute approximate surface area is 103 Å². The quantitative estimate of drug-likeness (QED) is 0.799. The van der Waals surface area contributed by atoms with Crippen LogP contribution >= 0.6 is 0 Å². The molecule has 2 N–H and O–H groups in total. The van der Waals surface area contributed by atoms with Crippen molar-refractivity contribution < 1.29 is 0 Å². The minimum Gasteiger partial charge on any atom is -0.367 e. The number of hydrogen-bond acceptors (Lipinski definition) is 3. The number of aromatic nitrogens is 2. The van der Waals surface area contributed by atoms with Crippen LogP contribution in [0.4, 0.5) is 5.82 Å². The smallest absolute Gasteiger partial charge is 0.252 e. The number of H-pyrrole nitrogens is 1. The minimum absolute atomic E-state index is 0.0890. The SMILES string of the molecule is CCCCC(C)Nc1cc(=O)[nH]c(C(C)C)n1. The van der Waals surface area contributed by atoms with Crippen molar-refractivity contribution in [2.45, 2.75) is 58.9 Å². The lowest BCUT2D eigenvalue weighted by Gasteiger charge is -2.15. The van der Waals surface area contributed by atoms with Crippen LogP contribution in [0.25, 0.3) is 0 Å². The number of rotatable bonds is 6. The second kappa shape index (κ2) is 6.42. The van der Waals surface area contributed by atoms with Gasteiger partial charge in [0, 0.05) is 18.0 Å². The van der Waals surface area contributed by atoms with Crippen LogP contribution in [0, 0.1) is 0 Å². The van der Waals surface area contributed by atoms with Crippen LogP contribution in [0.5, 0.6) is 0 Å². The first-order valence-corrected chi connectivity index (χ1v) is 6.40. The zero-order chi connectivity index (χ0) is 12.8. The first-order valence-electron chi connectivity index (χ1n) is 6.40. The number of unbranched alkanes of at least 4 members (excludes halogenated alkanes) is 1. The highest BCUT2D eigenvalue weighted by Gasteiger charge is 2.07. The third-order valence-electron chi connectivity index (χ3n) is 2.69. The molecular weight excluding hydrogens is 214 g/mol. The first kappa shape index (κ1) is 13.7. The van der Waals surface area contributed by atoms with Gasteiger partial charge in [0.1, 0.15) is 11.6 Å². The van der Waals surface area contributed by atoms with E-state index in [0.717, 1.165) is 12.2 Å². The zero-order valence-electron chi connectivity index (χ0n) is 11.2. The molecule has 17 heavy (non-hydrogen) atoms. The van der Waals surface area contributed by atoms with Crippen LogP contribution in [0.1, 0.15) is 58.7 Å². The zero-order valence-corrected chi connectivity index (χ0v) is 11.2. The van der Waals surface area contributed by atoms with Gasteiger partial charge in [-0.3, -0.25) is 4.79 Å². The molecule has 0 saturated carbocycles. The summed E-state index contributed by atoms with van der Waals surface area (Å²) in [7, 11) is 0. The van der Waals surface area contributed by atoms with Gasteiger partial charge in [0.05, 0.1) is 0 Å². The molecule has 0 aromatic carbocycles. The van der Waals surface area contributed by atoms with Gasteiger partial charge in [0.2, 0.25) is 0 Å². The number of nitrogens with zero attached hydrogens (tertiary/aromatic N) is 1. The molecule has 4 heteroatoms. The van der Waals surface area contributed by atoms with E-state index < -0.39 is 0 Å². The molecule has 1 unspecified atom stereocenters. The Morgan fingerprint density at radius 1 is 1.41 bits per heavy atom. The van der Waals surface area contributed by atoms with E-state index in [2.05, 4.69) is 29.1 Å². The van der Waals surface area contributed by atoms with Gasteiger partial charge in [-0.05, 0) is 13.3 Å². The van der Waals surface area contributed by atoms with Gasteiger partial charge >= 0.3 is 0 Å². The van der Waals surface area contributed by atoms with Crippen molar-refractivity contribution >= 4 is 5.82 Å². The standard InChI is InChI=1S/C13H23N3O/c1-5-6-7-10(4)14-11-8-12(17)16-13(15-11)9(2)3/h8-10H,5-7H2,1-4H3,(H2,14,15,16,17). The molecule has 0 spiro atoms. The van der Waals surface area contributed by atoms with Crippen LogP contribution in [-0.2, 0) is 0 Å². The molecule has 1 heterocycles. The molecule has 0 aliphatic heterocycles. The van der Waals surface area contributed by atoms with E-state index in [1.165, 1.54) is 18.9 Å².